The molecule has 1 N–H and O–H groups in total. The quantitative estimate of drug-likeness (QED) is 0.605. The first-order valence-corrected chi connectivity index (χ1v) is 8.48. The number of rotatable bonds is 7. The van der Waals surface area contributed by atoms with Gasteiger partial charge in [-0.25, -0.2) is 4.79 Å². The van der Waals surface area contributed by atoms with Gasteiger partial charge < -0.3 is 19.3 Å². The summed E-state index contributed by atoms with van der Waals surface area (Å²) in [7, 11) is 0. The molecular weight excluding hydrogens is 336 g/mol. The van der Waals surface area contributed by atoms with Gasteiger partial charge in [-0.05, 0) is 30.2 Å². The van der Waals surface area contributed by atoms with Crippen molar-refractivity contribution in [1.29, 1.82) is 0 Å². The van der Waals surface area contributed by atoms with E-state index >= 15 is 0 Å². The van der Waals surface area contributed by atoms with Crippen molar-refractivity contribution in [3.05, 3.63) is 53.6 Å². The fourth-order valence-electron chi connectivity index (χ4n) is 2.91. The van der Waals surface area contributed by atoms with Gasteiger partial charge in [-0.15, -0.1) is 0 Å². The molecule has 2 aromatic carbocycles. The Kier molecular flexibility index (Phi) is 5.41. The molecule has 0 spiro atoms. The van der Waals surface area contributed by atoms with Crippen molar-refractivity contribution in [3.63, 3.8) is 0 Å². The number of carboxylic acids is 1. The van der Waals surface area contributed by atoms with Crippen molar-refractivity contribution in [2.75, 3.05) is 13.2 Å². The minimum atomic E-state index is -1.07. The fraction of sp³-hybridized carbons (Fsp3) is 0.300. The number of benzene rings is 2. The predicted molar refractivity (Wildman–Crippen MR) is 93.9 cm³/mol. The van der Waals surface area contributed by atoms with E-state index in [4.69, 9.17) is 19.3 Å². The molecule has 0 radical (unpaired) electrons. The van der Waals surface area contributed by atoms with Crippen LogP contribution in [-0.4, -0.2) is 30.3 Å². The molecule has 1 atom stereocenters. The monoisotopic (exact) mass is 356 g/mol. The third-order valence-corrected chi connectivity index (χ3v) is 4.05. The second-order valence-electron chi connectivity index (χ2n) is 6.03. The molecule has 0 aliphatic carbocycles. The van der Waals surface area contributed by atoms with Gasteiger partial charge >= 0.3 is 11.9 Å². The fourth-order valence-corrected chi connectivity index (χ4v) is 2.91. The zero-order valence-corrected chi connectivity index (χ0v) is 14.4. The lowest BCUT2D eigenvalue weighted by Gasteiger charge is -2.25. The van der Waals surface area contributed by atoms with E-state index in [0.29, 0.717) is 18.1 Å². The summed E-state index contributed by atoms with van der Waals surface area (Å²) in [5.74, 6) is -0.0379. The molecule has 6 heteroatoms. The van der Waals surface area contributed by atoms with Crippen LogP contribution in [-0.2, 0) is 9.59 Å². The van der Waals surface area contributed by atoms with Gasteiger partial charge in [-0.3, -0.25) is 4.79 Å². The van der Waals surface area contributed by atoms with E-state index in [1.165, 1.54) is 0 Å². The van der Waals surface area contributed by atoms with Crippen LogP contribution in [0.1, 0.15) is 36.8 Å². The van der Waals surface area contributed by atoms with E-state index in [0.717, 1.165) is 23.3 Å². The lowest BCUT2D eigenvalue weighted by Crippen LogP contribution is -2.21. The van der Waals surface area contributed by atoms with E-state index < -0.39 is 12.6 Å². The van der Waals surface area contributed by atoms with E-state index in [-0.39, 0.29) is 18.3 Å². The molecule has 3 rings (SSSR count). The topological polar surface area (TPSA) is 82.1 Å². The Labute approximate surface area is 151 Å². The van der Waals surface area contributed by atoms with E-state index in [9.17, 15) is 9.59 Å². The van der Waals surface area contributed by atoms with Gasteiger partial charge in [-0.1, -0.05) is 25.1 Å². The van der Waals surface area contributed by atoms with Crippen LogP contribution in [0.5, 0.6) is 17.2 Å². The summed E-state index contributed by atoms with van der Waals surface area (Å²) in [6, 6.07) is 12.8. The Bertz CT molecular complexity index is 814. The van der Waals surface area contributed by atoms with Crippen LogP contribution in [0, 0.1) is 0 Å². The zero-order valence-electron chi connectivity index (χ0n) is 14.4. The van der Waals surface area contributed by atoms with E-state index in [1.807, 2.05) is 37.3 Å². The summed E-state index contributed by atoms with van der Waals surface area (Å²) in [6.07, 6.45) is 1.15. The molecule has 0 saturated heterocycles. The molecule has 6 nitrogen and oxygen atoms in total. The number of carboxylic acid groups (broad SMARTS) is 1. The summed E-state index contributed by atoms with van der Waals surface area (Å²) < 4.78 is 16.2. The summed E-state index contributed by atoms with van der Waals surface area (Å²) in [6.45, 7) is 2.23. The van der Waals surface area contributed by atoms with Crippen molar-refractivity contribution in [1.82, 2.24) is 0 Å². The minimum Gasteiger partial charge on any atom is -0.494 e. The Morgan fingerprint density at radius 3 is 2.77 bits per heavy atom. The normalized spacial score (nSPS) is 15.7. The number of hydrogen-bond acceptors (Lipinski definition) is 5. The van der Waals surface area contributed by atoms with Crippen LogP contribution in [0.3, 0.4) is 0 Å². The second kappa shape index (κ2) is 7.91. The molecule has 136 valence electrons. The molecule has 0 fully saturated rings. The van der Waals surface area contributed by atoms with Crippen molar-refractivity contribution in [2.24, 2.45) is 0 Å². The third-order valence-electron chi connectivity index (χ3n) is 4.05. The first kappa shape index (κ1) is 17.8. The van der Waals surface area contributed by atoms with Gasteiger partial charge in [0.25, 0.3) is 0 Å². The lowest BCUT2D eigenvalue weighted by molar-refractivity contribution is -0.139. The molecule has 1 aliphatic heterocycles. The Morgan fingerprint density at radius 2 is 2.00 bits per heavy atom. The number of aliphatic carboxylic acids is 1. The van der Waals surface area contributed by atoms with Gasteiger partial charge in [0.1, 0.15) is 17.2 Å². The highest BCUT2D eigenvalue weighted by Crippen LogP contribution is 2.41. The van der Waals surface area contributed by atoms with Crippen LogP contribution < -0.4 is 14.2 Å². The highest BCUT2D eigenvalue weighted by molar-refractivity contribution is 5.78. The standard InChI is InChI=1S/C20H20O6/c1-2-8-24-14-5-3-4-13(9-14)17-11-20(23)26-18-10-15(6-7-16(17)18)25-12-19(21)22/h3-7,9-10,17H,2,8,11-12H2,1H3,(H,21,22). The summed E-state index contributed by atoms with van der Waals surface area (Å²) in [4.78, 5) is 22.7. The Hall–Kier alpha value is -3.02. The van der Waals surface area contributed by atoms with Gasteiger partial charge in [0.05, 0.1) is 13.0 Å². The molecule has 0 bridgehead atoms. The largest absolute Gasteiger partial charge is 0.494 e. The smallest absolute Gasteiger partial charge is 0.341 e. The molecule has 0 saturated carbocycles. The number of esters is 1. The number of ether oxygens (including phenoxy) is 3. The molecule has 1 unspecified atom stereocenters. The van der Waals surface area contributed by atoms with Crippen LogP contribution in [0.2, 0.25) is 0 Å². The maximum atomic E-state index is 12.1. The summed E-state index contributed by atoms with van der Waals surface area (Å²) >= 11 is 0. The Morgan fingerprint density at radius 1 is 1.19 bits per heavy atom. The van der Waals surface area contributed by atoms with Crippen LogP contribution in [0.4, 0.5) is 0 Å². The second-order valence-corrected chi connectivity index (χ2v) is 6.03. The van der Waals surface area contributed by atoms with Gasteiger partial charge in [-0.2, -0.15) is 0 Å². The number of hydrogen-bond donors (Lipinski definition) is 1. The highest BCUT2D eigenvalue weighted by Gasteiger charge is 2.29. The van der Waals surface area contributed by atoms with Crippen molar-refractivity contribution >= 4 is 11.9 Å². The molecule has 0 aromatic heterocycles. The van der Waals surface area contributed by atoms with E-state index in [1.54, 1.807) is 12.1 Å². The van der Waals surface area contributed by atoms with Crippen molar-refractivity contribution < 1.29 is 28.9 Å². The molecule has 1 heterocycles. The molecule has 2 aromatic rings. The Balaban J connectivity index is 1.88. The predicted octanol–water partition coefficient (Wildman–Crippen LogP) is 3.38. The average Bonchev–Trinajstić information content (AvgIpc) is 2.64. The van der Waals surface area contributed by atoms with Gasteiger partial charge in [0.2, 0.25) is 0 Å². The van der Waals surface area contributed by atoms with Crippen LogP contribution in [0.25, 0.3) is 0 Å². The molecule has 0 amide bonds. The minimum absolute atomic E-state index is 0.148. The number of fused-ring (bicyclic) bond motifs is 1. The van der Waals surface area contributed by atoms with Crippen LogP contribution in [0.15, 0.2) is 42.5 Å². The van der Waals surface area contributed by atoms with Gasteiger partial charge in [0.15, 0.2) is 6.61 Å². The molecule has 26 heavy (non-hydrogen) atoms. The van der Waals surface area contributed by atoms with E-state index in [2.05, 4.69) is 0 Å². The maximum absolute atomic E-state index is 12.1. The maximum Gasteiger partial charge on any atom is 0.341 e. The number of carbonyl (C=O) groups excluding carboxylic acids is 1. The third kappa shape index (κ3) is 4.14. The SMILES string of the molecule is CCCOc1cccc(C2CC(=O)Oc3cc(OCC(=O)O)ccc32)c1. The van der Waals surface area contributed by atoms with Crippen molar-refractivity contribution in [3.8, 4) is 17.2 Å². The van der Waals surface area contributed by atoms with Crippen LogP contribution >= 0.6 is 0 Å². The molecular formula is C20H20O6. The van der Waals surface area contributed by atoms with Crippen molar-refractivity contribution in [2.45, 2.75) is 25.7 Å². The summed E-state index contributed by atoms with van der Waals surface area (Å²) in [5.41, 5.74) is 1.83. The summed E-state index contributed by atoms with van der Waals surface area (Å²) in [5, 5.41) is 8.71. The lowest BCUT2D eigenvalue weighted by atomic mass is 9.86. The molecule has 1 aliphatic rings. The average molecular weight is 356 g/mol. The number of carbonyl (C=O) groups is 2. The first-order valence-electron chi connectivity index (χ1n) is 8.48. The first-order chi connectivity index (χ1) is 12.6. The highest BCUT2D eigenvalue weighted by atomic mass is 16.5. The zero-order chi connectivity index (χ0) is 18.5. The van der Waals surface area contributed by atoms with Gasteiger partial charge in [0, 0.05) is 17.5 Å².